The molecule has 2 amide bonds. The van der Waals surface area contributed by atoms with Gasteiger partial charge in [0, 0.05) is 20.7 Å². The molecule has 7 nitrogen and oxygen atoms in total. The average Bonchev–Trinajstić information content (AvgIpc) is 3.13. The van der Waals surface area contributed by atoms with Crippen molar-refractivity contribution in [1.82, 2.24) is 15.2 Å². The van der Waals surface area contributed by atoms with Gasteiger partial charge in [0.15, 0.2) is 0 Å². The van der Waals surface area contributed by atoms with Gasteiger partial charge in [0.2, 0.25) is 5.91 Å². The molecule has 2 rings (SSSR count). The maximum Gasteiger partial charge on any atom is 0.271 e. The molecule has 1 aliphatic rings. The van der Waals surface area contributed by atoms with E-state index in [1.54, 1.807) is 19.2 Å². The smallest absolute Gasteiger partial charge is 0.271 e. The summed E-state index contributed by atoms with van der Waals surface area (Å²) in [4.78, 5) is 29.2. The van der Waals surface area contributed by atoms with Crippen LogP contribution in [-0.2, 0) is 9.53 Å². The van der Waals surface area contributed by atoms with E-state index in [1.165, 1.54) is 12.0 Å². The number of nitrogens with zero attached hydrogens (tertiary/aromatic N) is 2. The predicted octanol–water partition coefficient (Wildman–Crippen LogP) is 0.254. The molecule has 1 fully saturated rings. The quantitative estimate of drug-likeness (QED) is 0.830. The number of carbonyl (C=O) groups excluding carboxylic acids is 2. The molecule has 1 atom stereocenters. The summed E-state index contributed by atoms with van der Waals surface area (Å²) in [5.41, 5.74) is -0.369. The van der Waals surface area contributed by atoms with Crippen molar-refractivity contribution in [1.29, 1.82) is 5.26 Å². The molecule has 1 aromatic heterocycles. The van der Waals surface area contributed by atoms with Crippen molar-refractivity contribution in [2.24, 2.45) is 0 Å². The van der Waals surface area contributed by atoms with Gasteiger partial charge in [0.1, 0.15) is 23.0 Å². The number of hydrogen-bond acceptors (Lipinski definition) is 4. The number of hydrogen-bond donors (Lipinski definition) is 2. The fourth-order valence-corrected chi connectivity index (χ4v) is 2.83. The van der Waals surface area contributed by atoms with Gasteiger partial charge in [-0.15, -0.1) is 0 Å². The highest BCUT2D eigenvalue weighted by Crippen LogP contribution is 2.31. The molecule has 1 aliphatic heterocycles. The van der Waals surface area contributed by atoms with Gasteiger partial charge in [-0.05, 0) is 25.0 Å². The topological polar surface area (TPSA) is 98.2 Å². The van der Waals surface area contributed by atoms with Crippen molar-refractivity contribution in [2.45, 2.75) is 18.4 Å². The zero-order chi connectivity index (χ0) is 15.5. The zero-order valence-corrected chi connectivity index (χ0v) is 12.1. The van der Waals surface area contributed by atoms with Crippen molar-refractivity contribution < 1.29 is 14.3 Å². The van der Waals surface area contributed by atoms with Crippen molar-refractivity contribution in [3.8, 4) is 6.07 Å². The number of methoxy groups -OCH3 is 1. The second-order valence-corrected chi connectivity index (χ2v) is 5.00. The van der Waals surface area contributed by atoms with Gasteiger partial charge >= 0.3 is 0 Å². The number of rotatable bonds is 4. The van der Waals surface area contributed by atoms with Crippen LogP contribution in [0.25, 0.3) is 0 Å². The van der Waals surface area contributed by atoms with Crippen LogP contribution in [0.1, 0.15) is 29.0 Å². The molecule has 2 heterocycles. The second-order valence-electron chi connectivity index (χ2n) is 5.00. The number of aromatic amines is 1. The van der Waals surface area contributed by atoms with Crippen LogP contribution < -0.4 is 5.32 Å². The molecule has 7 heteroatoms. The normalized spacial score (nSPS) is 21.1. The summed E-state index contributed by atoms with van der Waals surface area (Å²) in [6.07, 6.45) is 1.28. The van der Waals surface area contributed by atoms with E-state index in [-0.39, 0.29) is 18.4 Å². The van der Waals surface area contributed by atoms with E-state index in [2.05, 4.69) is 10.3 Å². The Morgan fingerprint density at radius 3 is 2.90 bits per heavy atom. The van der Waals surface area contributed by atoms with Crippen LogP contribution in [0, 0.1) is 11.3 Å². The van der Waals surface area contributed by atoms with Crippen LogP contribution >= 0.6 is 0 Å². The highest BCUT2D eigenvalue weighted by molar-refractivity contribution is 5.98. The van der Waals surface area contributed by atoms with Crippen molar-refractivity contribution in [3.05, 3.63) is 23.5 Å². The van der Waals surface area contributed by atoms with Gasteiger partial charge < -0.3 is 19.9 Å². The van der Waals surface area contributed by atoms with Gasteiger partial charge in [0.05, 0.1) is 6.61 Å². The molecular formula is C14H18N4O3. The SMILES string of the molecule is CNC(=O)C1(COC)CCCN1C(=O)c1ccc(C#N)[nH]1. The van der Waals surface area contributed by atoms with E-state index in [1.807, 2.05) is 6.07 Å². The summed E-state index contributed by atoms with van der Waals surface area (Å²) in [5.74, 6) is -0.531. The number of likely N-dealkylation sites (tertiary alicyclic amines) is 1. The number of aromatic nitrogens is 1. The lowest BCUT2D eigenvalue weighted by atomic mass is 9.95. The molecule has 0 bridgehead atoms. The molecule has 21 heavy (non-hydrogen) atoms. The molecule has 0 aliphatic carbocycles. The molecular weight excluding hydrogens is 272 g/mol. The van der Waals surface area contributed by atoms with Crippen LogP contribution in [-0.4, -0.2) is 54.5 Å². The molecule has 1 unspecified atom stereocenters. The highest BCUT2D eigenvalue weighted by atomic mass is 16.5. The minimum Gasteiger partial charge on any atom is -0.382 e. The van der Waals surface area contributed by atoms with E-state index < -0.39 is 5.54 Å². The Labute approximate surface area is 122 Å². The van der Waals surface area contributed by atoms with Gasteiger partial charge in [-0.3, -0.25) is 9.59 Å². The highest BCUT2D eigenvalue weighted by Gasteiger charge is 2.49. The number of amides is 2. The fraction of sp³-hybridized carbons (Fsp3) is 0.500. The molecule has 1 aromatic rings. The van der Waals surface area contributed by atoms with E-state index in [0.717, 1.165) is 6.42 Å². The van der Waals surface area contributed by atoms with Crippen LogP contribution in [0.4, 0.5) is 0 Å². The average molecular weight is 290 g/mol. The number of carbonyl (C=O) groups is 2. The summed E-state index contributed by atoms with van der Waals surface area (Å²) in [7, 11) is 3.05. The molecule has 2 N–H and O–H groups in total. The number of H-pyrrole nitrogens is 1. The summed E-state index contributed by atoms with van der Waals surface area (Å²) in [6.45, 7) is 0.626. The van der Waals surface area contributed by atoms with Crippen molar-refractivity contribution >= 4 is 11.8 Å². The van der Waals surface area contributed by atoms with Gasteiger partial charge in [-0.25, -0.2) is 0 Å². The van der Waals surface area contributed by atoms with E-state index in [4.69, 9.17) is 10.00 Å². The van der Waals surface area contributed by atoms with Crippen LogP contribution in [0.3, 0.4) is 0 Å². The van der Waals surface area contributed by atoms with Gasteiger partial charge in [-0.2, -0.15) is 5.26 Å². The Hall–Kier alpha value is -2.33. The number of nitriles is 1. The lowest BCUT2D eigenvalue weighted by Gasteiger charge is -2.36. The minimum atomic E-state index is -0.988. The lowest BCUT2D eigenvalue weighted by molar-refractivity contribution is -0.133. The molecule has 0 saturated carbocycles. The molecule has 1 saturated heterocycles. The van der Waals surface area contributed by atoms with Crippen LogP contribution in [0.15, 0.2) is 12.1 Å². The first-order valence-electron chi connectivity index (χ1n) is 6.71. The van der Waals surface area contributed by atoms with E-state index in [0.29, 0.717) is 24.4 Å². The zero-order valence-electron chi connectivity index (χ0n) is 12.1. The third kappa shape index (κ3) is 2.50. The lowest BCUT2D eigenvalue weighted by Crippen LogP contribution is -2.59. The number of likely N-dealkylation sites (N-methyl/N-ethyl adjacent to an activating group) is 1. The second kappa shape index (κ2) is 5.97. The van der Waals surface area contributed by atoms with Gasteiger partial charge in [-0.1, -0.05) is 0 Å². The molecule has 112 valence electrons. The predicted molar refractivity (Wildman–Crippen MR) is 74.5 cm³/mol. The fourth-order valence-electron chi connectivity index (χ4n) is 2.83. The molecule has 0 aromatic carbocycles. The maximum absolute atomic E-state index is 12.6. The first-order valence-corrected chi connectivity index (χ1v) is 6.71. The van der Waals surface area contributed by atoms with Gasteiger partial charge in [0.25, 0.3) is 5.91 Å². The van der Waals surface area contributed by atoms with Crippen LogP contribution in [0.2, 0.25) is 0 Å². The third-order valence-electron chi connectivity index (χ3n) is 3.80. The Balaban J connectivity index is 2.33. The van der Waals surface area contributed by atoms with E-state index in [9.17, 15) is 9.59 Å². The number of ether oxygens (including phenoxy) is 1. The monoisotopic (exact) mass is 290 g/mol. The Bertz CT molecular complexity index is 589. The van der Waals surface area contributed by atoms with E-state index >= 15 is 0 Å². The minimum absolute atomic E-state index is 0.143. The molecule has 0 radical (unpaired) electrons. The summed E-state index contributed by atoms with van der Waals surface area (Å²) < 4.78 is 5.18. The summed E-state index contributed by atoms with van der Waals surface area (Å²) in [6, 6.07) is 5.04. The molecule has 0 spiro atoms. The summed E-state index contributed by atoms with van der Waals surface area (Å²) in [5, 5.41) is 11.4. The largest absolute Gasteiger partial charge is 0.382 e. The Morgan fingerprint density at radius 1 is 1.57 bits per heavy atom. The first-order chi connectivity index (χ1) is 10.1. The Morgan fingerprint density at radius 2 is 2.33 bits per heavy atom. The maximum atomic E-state index is 12.6. The van der Waals surface area contributed by atoms with Crippen molar-refractivity contribution in [3.63, 3.8) is 0 Å². The van der Waals surface area contributed by atoms with Crippen LogP contribution in [0.5, 0.6) is 0 Å². The standard InChI is InChI=1S/C14H18N4O3/c1-16-13(20)14(9-21-2)6-3-7-18(14)12(19)11-5-4-10(8-15)17-11/h4-5,17H,3,6-7,9H2,1-2H3,(H,16,20). The first kappa shape index (κ1) is 15.1. The Kier molecular flexibility index (Phi) is 4.29. The number of nitrogens with one attached hydrogen (secondary N) is 2. The van der Waals surface area contributed by atoms with Crippen molar-refractivity contribution in [2.75, 3.05) is 27.3 Å². The third-order valence-corrected chi connectivity index (χ3v) is 3.80. The summed E-state index contributed by atoms with van der Waals surface area (Å²) >= 11 is 0.